The van der Waals surface area contributed by atoms with Crippen molar-refractivity contribution in [2.45, 2.75) is 61.9 Å². The maximum atomic E-state index is 14.7. The van der Waals surface area contributed by atoms with Gasteiger partial charge in [-0.3, -0.25) is 9.79 Å². The lowest BCUT2D eigenvalue weighted by molar-refractivity contribution is -0.117. The van der Waals surface area contributed by atoms with Crippen LogP contribution in [0.1, 0.15) is 33.1 Å². The van der Waals surface area contributed by atoms with Crippen LogP contribution in [0.15, 0.2) is 50.5 Å². The van der Waals surface area contributed by atoms with Crippen LogP contribution in [-0.4, -0.2) is 65.4 Å². The molecule has 0 radical (unpaired) electrons. The number of aromatic nitrogens is 1. The Hall–Kier alpha value is -3.10. The van der Waals surface area contributed by atoms with E-state index >= 15 is 0 Å². The molecular weight excluding hydrogens is 580 g/mol. The lowest BCUT2D eigenvalue weighted by Gasteiger charge is -2.33. The molecule has 2 atom stereocenters. The molecule has 0 aliphatic carbocycles. The summed E-state index contributed by atoms with van der Waals surface area (Å²) in [5.74, 6) is -0.408. The van der Waals surface area contributed by atoms with Gasteiger partial charge in [0.25, 0.3) is 5.91 Å². The Bertz CT molecular complexity index is 1440. The fraction of sp³-hybridized carbons (Fsp3) is 0.444. The maximum absolute atomic E-state index is 14.7. The van der Waals surface area contributed by atoms with Gasteiger partial charge in [0.15, 0.2) is 0 Å². The van der Waals surface area contributed by atoms with Gasteiger partial charge >= 0.3 is 5.51 Å². The van der Waals surface area contributed by atoms with Crippen molar-refractivity contribution in [2.24, 2.45) is 10.7 Å². The molecule has 1 saturated heterocycles. The molecule has 1 aromatic carbocycles. The molecule has 1 fully saturated rings. The molecule has 0 spiro atoms. The van der Waals surface area contributed by atoms with Crippen molar-refractivity contribution in [3.63, 3.8) is 0 Å². The van der Waals surface area contributed by atoms with Gasteiger partial charge in [-0.25, -0.2) is 9.37 Å². The van der Waals surface area contributed by atoms with Crippen LogP contribution >= 0.6 is 23.1 Å². The number of hydrogen-bond acceptors (Lipinski definition) is 9. The highest BCUT2D eigenvalue weighted by Crippen LogP contribution is 2.51. The van der Waals surface area contributed by atoms with E-state index in [4.69, 9.17) is 10.2 Å². The van der Waals surface area contributed by atoms with Crippen LogP contribution in [0.5, 0.6) is 0 Å². The van der Waals surface area contributed by atoms with E-state index in [1.165, 1.54) is 12.5 Å². The van der Waals surface area contributed by atoms with E-state index < -0.39 is 29.2 Å². The van der Waals surface area contributed by atoms with Gasteiger partial charge in [-0.15, -0.1) is 11.3 Å². The Balaban J connectivity index is 1.60. The van der Waals surface area contributed by atoms with Gasteiger partial charge in [-0.2, -0.15) is 13.2 Å². The van der Waals surface area contributed by atoms with Crippen LogP contribution in [0.4, 0.5) is 23.2 Å². The predicted molar refractivity (Wildman–Crippen MR) is 156 cm³/mol. The van der Waals surface area contributed by atoms with Crippen molar-refractivity contribution in [1.82, 2.24) is 15.2 Å². The molecule has 41 heavy (non-hydrogen) atoms. The number of oxazole rings is 1. The van der Waals surface area contributed by atoms with Crippen LogP contribution in [0.3, 0.4) is 0 Å². The number of nitrogens with zero attached hydrogens (tertiary/aromatic N) is 3. The average molecular weight is 613 g/mol. The fourth-order valence-electron chi connectivity index (χ4n) is 4.21. The minimum Gasteiger partial charge on any atom is -0.446 e. The number of likely N-dealkylation sites (tertiary alicyclic amines) is 1. The third kappa shape index (κ3) is 8.01. The number of hydrogen-bond donors (Lipinski definition) is 3. The van der Waals surface area contributed by atoms with Crippen LogP contribution in [-0.2, 0) is 11.3 Å². The van der Waals surface area contributed by atoms with E-state index in [2.05, 4.69) is 20.6 Å². The number of halogens is 4. The summed E-state index contributed by atoms with van der Waals surface area (Å²) < 4.78 is 61.7. The number of alkyl halides is 4. The SMILES string of the molecule is CN1CCC(Nc2cccc3c(SC(F)(F)F)c(-c4coc(CNC(=O)/C(C=NC(C)(C)C)=C/N)n4)sc23)C(F)C1. The minimum atomic E-state index is -4.55. The fourth-order valence-corrected chi connectivity index (χ4v) is 6.36. The number of aliphatic imine (C=N–C) groups is 1. The molecule has 1 aliphatic heterocycles. The van der Waals surface area contributed by atoms with E-state index in [1.807, 2.05) is 32.7 Å². The molecule has 1 aliphatic rings. The number of carbonyl (C=O) groups excluding carboxylic acids is 1. The highest BCUT2D eigenvalue weighted by molar-refractivity contribution is 8.00. The molecule has 0 saturated carbocycles. The molecule has 4 N–H and O–H groups in total. The zero-order chi connectivity index (χ0) is 29.9. The number of nitrogens with two attached hydrogens (primary N) is 1. The van der Waals surface area contributed by atoms with Crippen molar-refractivity contribution in [3.8, 4) is 10.6 Å². The van der Waals surface area contributed by atoms with E-state index in [0.29, 0.717) is 28.7 Å². The molecule has 3 aromatic rings. The number of carbonyl (C=O) groups is 1. The zero-order valence-corrected chi connectivity index (χ0v) is 24.6. The van der Waals surface area contributed by atoms with Crippen molar-refractivity contribution in [1.29, 1.82) is 0 Å². The average Bonchev–Trinajstić information content (AvgIpc) is 3.48. The van der Waals surface area contributed by atoms with Crippen LogP contribution in [0.2, 0.25) is 0 Å². The maximum Gasteiger partial charge on any atom is 0.446 e. The van der Waals surface area contributed by atoms with Gasteiger partial charge < -0.3 is 25.7 Å². The summed E-state index contributed by atoms with van der Waals surface area (Å²) in [5, 5.41) is 6.23. The molecule has 2 aromatic heterocycles. The summed E-state index contributed by atoms with van der Waals surface area (Å²) in [6, 6.07) is 4.55. The topological polar surface area (TPSA) is 109 Å². The summed E-state index contributed by atoms with van der Waals surface area (Å²) in [6.45, 7) is 6.48. The molecule has 8 nitrogen and oxygen atoms in total. The second-order valence-electron chi connectivity index (χ2n) is 10.7. The molecule has 14 heteroatoms. The number of nitrogens with one attached hydrogen (secondary N) is 2. The third-order valence-corrected chi connectivity index (χ3v) is 8.44. The normalized spacial score (nSPS) is 19.3. The summed E-state index contributed by atoms with van der Waals surface area (Å²) in [7, 11) is 1.85. The van der Waals surface area contributed by atoms with Crippen LogP contribution in [0.25, 0.3) is 20.7 Å². The number of benzene rings is 1. The van der Waals surface area contributed by atoms with Crippen molar-refractivity contribution >= 4 is 51.0 Å². The number of fused-ring (bicyclic) bond motifs is 1. The molecule has 1 amide bonds. The van der Waals surface area contributed by atoms with Crippen molar-refractivity contribution in [2.75, 3.05) is 25.5 Å². The van der Waals surface area contributed by atoms with Gasteiger partial charge in [0.1, 0.15) is 18.1 Å². The molecular formula is C27H32F4N6O2S2. The second kappa shape index (κ2) is 12.4. The van der Waals surface area contributed by atoms with Gasteiger partial charge in [0, 0.05) is 35.8 Å². The molecule has 3 heterocycles. The summed E-state index contributed by atoms with van der Waals surface area (Å²) in [6.07, 6.45) is 3.21. The first-order valence-corrected chi connectivity index (χ1v) is 14.5. The molecule has 0 bridgehead atoms. The molecule has 4 rings (SSSR count). The van der Waals surface area contributed by atoms with E-state index in [1.54, 1.807) is 18.2 Å². The number of anilines is 1. The number of amides is 1. The Kier molecular flexibility index (Phi) is 9.34. The number of piperidine rings is 1. The monoisotopic (exact) mass is 612 g/mol. The zero-order valence-electron chi connectivity index (χ0n) is 23.0. The number of rotatable bonds is 8. The first-order chi connectivity index (χ1) is 19.2. The standard InChI is InChI=1S/C27H32F4N6O2S2/c1-26(2,3)34-11-15(10-32)25(38)33-12-21-36-20(14-39-21)24-23(41-27(29,30)31)16-6-5-7-19(22(16)40-24)35-18-8-9-37(4)13-17(18)28/h5-7,10-11,14,17-18,35H,8-9,12-13,32H2,1-4H3,(H,33,38)/b15-10+,34-11?. The number of thioether (sulfide) groups is 1. The molecule has 2 unspecified atom stereocenters. The van der Waals surface area contributed by atoms with Crippen molar-refractivity contribution < 1.29 is 26.8 Å². The summed E-state index contributed by atoms with van der Waals surface area (Å²) >= 11 is 0.891. The molecule has 222 valence electrons. The van der Waals surface area contributed by atoms with Crippen LogP contribution in [0, 0.1) is 0 Å². The van der Waals surface area contributed by atoms with Gasteiger partial charge in [0.2, 0.25) is 5.89 Å². The largest absolute Gasteiger partial charge is 0.446 e. The minimum absolute atomic E-state index is 0.0167. The third-order valence-electron chi connectivity index (χ3n) is 6.19. The van der Waals surface area contributed by atoms with E-state index in [-0.39, 0.29) is 51.8 Å². The quantitative estimate of drug-likeness (QED) is 0.125. The highest BCUT2D eigenvalue weighted by atomic mass is 32.2. The first-order valence-electron chi connectivity index (χ1n) is 12.8. The van der Waals surface area contributed by atoms with E-state index in [9.17, 15) is 22.4 Å². The predicted octanol–water partition coefficient (Wildman–Crippen LogP) is 5.95. The van der Waals surface area contributed by atoms with E-state index in [0.717, 1.165) is 17.5 Å². The summed E-state index contributed by atoms with van der Waals surface area (Å²) in [5.41, 5.74) is 1.51. The second-order valence-corrected chi connectivity index (χ2v) is 12.8. The Labute approximate surface area is 243 Å². The van der Waals surface area contributed by atoms with Gasteiger partial charge in [-0.1, -0.05) is 12.1 Å². The van der Waals surface area contributed by atoms with Crippen molar-refractivity contribution in [3.05, 3.63) is 42.1 Å². The van der Waals surface area contributed by atoms with Gasteiger partial charge in [-0.05, 0) is 52.1 Å². The first kappa shape index (κ1) is 30.8. The summed E-state index contributed by atoms with van der Waals surface area (Å²) in [4.78, 5) is 23.3. The Morgan fingerprint density at radius 3 is 2.76 bits per heavy atom. The lowest BCUT2D eigenvalue weighted by atomic mass is 10.0. The van der Waals surface area contributed by atoms with Gasteiger partial charge in [0.05, 0.1) is 39.0 Å². The van der Waals surface area contributed by atoms with Crippen LogP contribution < -0.4 is 16.4 Å². The smallest absolute Gasteiger partial charge is 0.446 e. The highest BCUT2D eigenvalue weighted by Gasteiger charge is 2.34. The lowest BCUT2D eigenvalue weighted by Crippen LogP contribution is -2.46. The Morgan fingerprint density at radius 2 is 2.10 bits per heavy atom. The number of thiophene rings is 1. The Morgan fingerprint density at radius 1 is 1.34 bits per heavy atom.